The van der Waals surface area contributed by atoms with Crippen LogP contribution in [0, 0.1) is 0 Å². The van der Waals surface area contributed by atoms with Gasteiger partial charge in [0, 0.05) is 105 Å². The highest BCUT2D eigenvalue weighted by Crippen LogP contribution is 2.42. The minimum Gasteiger partial charge on any atom is -0.374 e. The van der Waals surface area contributed by atoms with Crippen LogP contribution in [0.25, 0.3) is 38.7 Å². The first-order valence-corrected chi connectivity index (χ1v) is 36.1. The van der Waals surface area contributed by atoms with E-state index in [4.69, 9.17) is 39.8 Å². The predicted molar refractivity (Wildman–Crippen MR) is 362 cm³/mol. The topological polar surface area (TPSA) is 89.6 Å². The van der Waals surface area contributed by atoms with Crippen molar-refractivity contribution in [2.45, 2.75) is 94.2 Å². The number of fused-ring (bicyclic) bond motifs is 2. The molecule has 8 aromatic carbocycles. The van der Waals surface area contributed by atoms with Gasteiger partial charge < -0.3 is 49.6 Å². The molecule has 14 heteroatoms. The molecular formula is C71H92N2O9Si3. The van der Waals surface area contributed by atoms with E-state index in [2.05, 4.69) is 205 Å². The molecule has 0 aliphatic heterocycles. The largest absolute Gasteiger partial charge is 0.528 e. The fourth-order valence-electron chi connectivity index (χ4n) is 10.3. The molecule has 0 aromatic heterocycles. The van der Waals surface area contributed by atoms with Gasteiger partial charge in [-0.3, -0.25) is 0 Å². The number of rotatable bonds is 32. The van der Waals surface area contributed by atoms with Crippen molar-refractivity contribution in [3.63, 3.8) is 0 Å². The van der Waals surface area contributed by atoms with Crippen LogP contribution in [0.2, 0.25) is 12.1 Å². The van der Waals surface area contributed by atoms with E-state index in [1.807, 2.05) is 75.3 Å². The third-order valence-corrected chi connectivity index (χ3v) is 22.8. The normalized spacial score (nSPS) is 11.6. The Balaban J connectivity index is 0.000000403. The van der Waals surface area contributed by atoms with E-state index in [9.17, 15) is 0 Å². The Morgan fingerprint density at radius 1 is 0.365 bits per heavy atom. The summed E-state index contributed by atoms with van der Waals surface area (Å²) in [7, 11) is -7.46. The van der Waals surface area contributed by atoms with E-state index < -0.39 is 26.4 Å². The van der Waals surface area contributed by atoms with Crippen molar-refractivity contribution in [2.24, 2.45) is 0 Å². The molecule has 0 N–H and O–H groups in total. The molecule has 8 rings (SSSR count). The zero-order valence-electron chi connectivity index (χ0n) is 52.2. The van der Waals surface area contributed by atoms with Crippen LogP contribution < -0.4 is 9.80 Å². The van der Waals surface area contributed by atoms with Gasteiger partial charge in [-0.25, -0.2) is 0 Å². The van der Waals surface area contributed by atoms with Gasteiger partial charge in [-0.2, -0.15) is 0 Å². The average molecular weight is 1200 g/mol. The molecule has 0 aliphatic rings. The van der Waals surface area contributed by atoms with Crippen LogP contribution >= 0.6 is 0 Å². The molecule has 0 saturated carbocycles. The van der Waals surface area contributed by atoms with Crippen LogP contribution in [0.4, 0.5) is 34.1 Å². The molecule has 0 bridgehead atoms. The summed E-state index contributed by atoms with van der Waals surface area (Å²) in [6.07, 6.45) is 3.74. The molecule has 0 radical (unpaired) electrons. The van der Waals surface area contributed by atoms with E-state index >= 15 is 0 Å². The van der Waals surface area contributed by atoms with Gasteiger partial charge >= 0.3 is 26.4 Å². The van der Waals surface area contributed by atoms with Crippen LogP contribution in [0.5, 0.6) is 0 Å². The highest BCUT2D eigenvalue weighted by molar-refractivity contribution is 6.66. The van der Waals surface area contributed by atoms with Crippen LogP contribution in [0.15, 0.2) is 201 Å². The maximum Gasteiger partial charge on any atom is 0.528 e. The van der Waals surface area contributed by atoms with Crippen molar-refractivity contribution in [3.05, 3.63) is 212 Å². The smallest absolute Gasteiger partial charge is 0.374 e. The molecule has 85 heavy (non-hydrogen) atoms. The second-order valence-electron chi connectivity index (χ2n) is 19.5. The summed E-state index contributed by atoms with van der Waals surface area (Å²) in [5, 5.41) is 4.82. The molecule has 0 heterocycles. The Morgan fingerprint density at radius 3 is 1.06 bits per heavy atom. The summed E-state index contributed by atoms with van der Waals surface area (Å²) in [6.45, 7) is 33.0. The number of benzene rings is 8. The van der Waals surface area contributed by atoms with Crippen molar-refractivity contribution in [1.82, 2.24) is 0 Å². The molecular weight excluding hydrogens is 1110 g/mol. The first-order chi connectivity index (χ1) is 41.5. The quantitative estimate of drug-likeness (QED) is 0.0378. The molecule has 0 unspecified atom stereocenters. The van der Waals surface area contributed by atoms with Crippen molar-refractivity contribution in [1.29, 1.82) is 0 Å². The minimum absolute atomic E-state index is 0.593. The first-order valence-electron chi connectivity index (χ1n) is 30.5. The maximum atomic E-state index is 6.12. The average Bonchev–Trinajstić information content (AvgIpc) is 2.33. The molecule has 0 fully saturated rings. The molecule has 0 spiro atoms. The van der Waals surface area contributed by atoms with Gasteiger partial charge in [0.05, 0.1) is 11.4 Å². The van der Waals surface area contributed by atoms with E-state index in [-0.39, 0.29) is 0 Å². The molecule has 0 atom stereocenters. The van der Waals surface area contributed by atoms with E-state index in [1.54, 1.807) is 5.70 Å². The Kier molecular flexibility index (Phi) is 28.2. The molecule has 11 nitrogen and oxygen atoms in total. The van der Waals surface area contributed by atoms with Crippen LogP contribution in [-0.2, 0) is 46.3 Å². The number of aryl methyl sites for hydroxylation is 1. The molecule has 452 valence electrons. The van der Waals surface area contributed by atoms with Gasteiger partial charge in [0.25, 0.3) is 0 Å². The summed E-state index contributed by atoms with van der Waals surface area (Å²) in [5.74, 6) is 0. The number of hydrogen-bond acceptors (Lipinski definition) is 11. The summed E-state index contributed by atoms with van der Waals surface area (Å²) in [4.78, 5) is 4.71. The summed E-state index contributed by atoms with van der Waals surface area (Å²) in [5.41, 5.74) is 13.0. The Morgan fingerprint density at radius 2 is 0.706 bits per heavy atom. The highest BCUT2D eigenvalue weighted by atomic mass is 28.4. The van der Waals surface area contributed by atoms with Gasteiger partial charge in [-0.15, -0.1) is 0 Å². The van der Waals surface area contributed by atoms with Crippen LogP contribution in [-0.4, -0.2) is 85.9 Å². The number of nitrogens with zero attached hydrogens (tertiary/aromatic N) is 2. The fraction of sp³-hybridized carbons (Fsp3) is 0.324. The lowest BCUT2D eigenvalue weighted by atomic mass is 10.0. The number of anilines is 6. The zero-order chi connectivity index (χ0) is 60.9. The lowest BCUT2D eigenvalue weighted by Crippen LogP contribution is -2.46. The molecule has 0 aliphatic carbocycles. The lowest BCUT2D eigenvalue weighted by molar-refractivity contribution is 0.0705. The highest BCUT2D eigenvalue weighted by Gasteiger charge is 2.40. The molecule has 8 aromatic rings. The third-order valence-electron chi connectivity index (χ3n) is 14.0. The van der Waals surface area contributed by atoms with Crippen LogP contribution in [0.3, 0.4) is 0 Å². The van der Waals surface area contributed by atoms with E-state index in [0.717, 1.165) is 75.7 Å². The Hall–Kier alpha value is -6.35. The fourth-order valence-corrected chi connectivity index (χ4v) is 16.9. The van der Waals surface area contributed by atoms with Crippen LogP contribution in [0.1, 0.15) is 86.8 Å². The van der Waals surface area contributed by atoms with Crippen molar-refractivity contribution < 1.29 is 39.8 Å². The first kappa shape index (κ1) is 67.8. The lowest BCUT2D eigenvalue weighted by Gasteiger charge is -2.28. The predicted octanol–water partition coefficient (Wildman–Crippen LogP) is 19.0. The van der Waals surface area contributed by atoms with Gasteiger partial charge in [0.15, 0.2) is 0 Å². The summed E-state index contributed by atoms with van der Waals surface area (Å²) < 4.78 is 51.3. The van der Waals surface area contributed by atoms with Gasteiger partial charge in [-0.1, -0.05) is 147 Å². The Labute approximate surface area is 511 Å². The summed E-state index contributed by atoms with van der Waals surface area (Å²) in [6, 6.07) is 67.3. The minimum atomic E-state index is -2.68. The van der Waals surface area contributed by atoms with Gasteiger partial charge in [0.1, 0.15) is 0 Å². The molecule has 0 amide bonds. The van der Waals surface area contributed by atoms with E-state index in [0.29, 0.717) is 59.5 Å². The second kappa shape index (κ2) is 35.3. The van der Waals surface area contributed by atoms with Crippen molar-refractivity contribution in [3.8, 4) is 11.1 Å². The van der Waals surface area contributed by atoms with E-state index in [1.165, 1.54) is 27.1 Å². The van der Waals surface area contributed by atoms with Crippen molar-refractivity contribution >= 4 is 88.2 Å². The standard InChI is InChI=1S/C55H54N2O3Si.C8H20O3Si.C8H18O3Si/c1-5-42-25-33-48(34-26-42)56(54-23-13-19-46-17-9-11-21-52(46)54)50-37-29-44(30-38-50)45-31-39-51(40-32-45)57(55-24-14-20-47-18-10-12-22-53(47)55)49-35-27-43(28-36-49)16-15-41-61(58-6-2,59-7-3)60-8-4;2*1-5-9-12(8-4,10-6-2)11-7-3/h5,9-14,17-40H,1,6-8,15-16,41H2,2-4H3;5-8H2,1-4H3;8H,4-7H2,1-3H3. The Bertz CT molecular complexity index is 3160. The van der Waals surface area contributed by atoms with Crippen molar-refractivity contribution in [2.75, 3.05) is 69.3 Å². The third kappa shape index (κ3) is 18.6. The summed E-state index contributed by atoms with van der Waals surface area (Å²) >= 11 is 0. The zero-order valence-corrected chi connectivity index (χ0v) is 55.2. The SMILES string of the molecule is C=C[Si](OCC)(OCC)OCC.C=Cc1ccc(N(c2ccc(-c3ccc(N(c4ccc(CCC[Si](OCC)(OCC)OCC)cc4)c4cccc5ccccc45)cc3)cc2)c2cccc3ccccc23)cc1.CCO[Si](CC)(OCC)OCC. The van der Waals surface area contributed by atoms with Gasteiger partial charge in [-0.05, 0) is 175 Å². The monoisotopic (exact) mass is 1200 g/mol. The number of hydrogen-bond donors (Lipinski definition) is 0. The van der Waals surface area contributed by atoms with Gasteiger partial charge in [0.2, 0.25) is 0 Å². The maximum absolute atomic E-state index is 6.12. The second-order valence-corrected chi connectivity index (χ2v) is 27.7. The molecule has 0 saturated heterocycles.